The number of aromatic nitrogens is 3. The molecule has 2 aromatic heterocycles. The van der Waals surface area contributed by atoms with Crippen LogP contribution in [0.4, 0.5) is 5.69 Å². The minimum atomic E-state index is 0.755. The first-order valence-electron chi connectivity index (χ1n) is 8.01. The predicted octanol–water partition coefficient (Wildman–Crippen LogP) is 3.05. The number of fused-ring (bicyclic) bond motifs is 1. The minimum absolute atomic E-state index is 0.755. The quantitative estimate of drug-likeness (QED) is 0.744. The molecule has 0 saturated carbocycles. The van der Waals surface area contributed by atoms with Gasteiger partial charge in [-0.15, -0.1) is 11.3 Å². The van der Waals surface area contributed by atoms with E-state index < -0.39 is 0 Å². The highest BCUT2D eigenvalue weighted by Gasteiger charge is 2.20. The number of rotatable bonds is 3. The van der Waals surface area contributed by atoms with Crippen LogP contribution in [0.15, 0.2) is 36.0 Å². The van der Waals surface area contributed by atoms with Crippen LogP contribution in [0.1, 0.15) is 21.8 Å². The Kier molecular flexibility index (Phi) is 4.00. The Morgan fingerprint density at radius 2 is 2.04 bits per heavy atom. The van der Waals surface area contributed by atoms with Crippen LogP contribution in [0, 0.1) is 6.92 Å². The number of aryl methyl sites for hydroxylation is 1. The van der Waals surface area contributed by atoms with Crippen molar-refractivity contribution in [3.8, 4) is 11.4 Å². The summed E-state index contributed by atoms with van der Waals surface area (Å²) < 4.78 is 0. The van der Waals surface area contributed by atoms with Crippen molar-refractivity contribution in [1.29, 1.82) is 0 Å². The van der Waals surface area contributed by atoms with Crippen molar-refractivity contribution >= 4 is 17.0 Å². The molecule has 6 heteroatoms. The molecule has 0 spiro atoms. The van der Waals surface area contributed by atoms with Gasteiger partial charge in [-0.05, 0) is 31.2 Å². The second kappa shape index (κ2) is 6.30. The van der Waals surface area contributed by atoms with Gasteiger partial charge in [0.1, 0.15) is 0 Å². The molecule has 3 heterocycles. The van der Waals surface area contributed by atoms with Crippen molar-refractivity contribution in [1.82, 2.24) is 19.9 Å². The number of anilines is 1. The fourth-order valence-corrected chi connectivity index (χ4v) is 3.78. The fourth-order valence-electron chi connectivity index (χ4n) is 2.96. The maximum absolute atomic E-state index is 5.75. The van der Waals surface area contributed by atoms with Gasteiger partial charge in [0.25, 0.3) is 0 Å². The van der Waals surface area contributed by atoms with Crippen LogP contribution >= 0.6 is 11.3 Å². The number of thiazole rings is 1. The molecule has 122 valence electrons. The summed E-state index contributed by atoms with van der Waals surface area (Å²) in [6, 6.07) is 7.71. The molecule has 0 unspecified atom stereocenters. The Hall–Kier alpha value is -2.31. The molecule has 2 N–H and O–H groups in total. The van der Waals surface area contributed by atoms with Gasteiger partial charge in [0.2, 0.25) is 0 Å². The van der Waals surface area contributed by atoms with Crippen LogP contribution in [0.2, 0.25) is 0 Å². The van der Waals surface area contributed by atoms with Gasteiger partial charge in [-0.2, -0.15) is 0 Å². The molecule has 1 aliphatic heterocycles. The Balaban J connectivity index is 1.53. The molecule has 0 atom stereocenters. The Morgan fingerprint density at radius 1 is 1.21 bits per heavy atom. The standard InChI is InChI=1S/C18H19N5S/c1-12-17(24-11-21-12)10-23-7-6-16-14(9-23)8-20-18(22-16)13-2-4-15(19)5-3-13/h2-5,8,11H,6-7,9-10,19H2,1H3. The second-order valence-electron chi connectivity index (χ2n) is 6.11. The molecule has 0 bridgehead atoms. The summed E-state index contributed by atoms with van der Waals surface area (Å²) in [5.74, 6) is 0.778. The van der Waals surface area contributed by atoms with E-state index in [1.165, 1.54) is 10.4 Å². The molecule has 0 amide bonds. The summed E-state index contributed by atoms with van der Waals surface area (Å²) in [7, 11) is 0. The Bertz CT molecular complexity index is 856. The van der Waals surface area contributed by atoms with E-state index in [1.807, 2.05) is 36.0 Å². The molecule has 0 fully saturated rings. The van der Waals surface area contributed by atoms with Gasteiger partial charge in [-0.1, -0.05) is 0 Å². The van der Waals surface area contributed by atoms with Gasteiger partial charge in [0.15, 0.2) is 5.82 Å². The van der Waals surface area contributed by atoms with Crippen molar-refractivity contribution < 1.29 is 0 Å². The van der Waals surface area contributed by atoms with Gasteiger partial charge < -0.3 is 5.73 Å². The summed E-state index contributed by atoms with van der Waals surface area (Å²) in [5, 5.41) is 0. The number of nitrogens with two attached hydrogens (primary N) is 1. The number of hydrogen-bond donors (Lipinski definition) is 1. The lowest BCUT2D eigenvalue weighted by atomic mass is 10.1. The van der Waals surface area contributed by atoms with Gasteiger partial charge in [-0.3, -0.25) is 4.90 Å². The van der Waals surface area contributed by atoms with E-state index >= 15 is 0 Å². The van der Waals surface area contributed by atoms with E-state index in [9.17, 15) is 0 Å². The molecule has 4 rings (SSSR count). The zero-order valence-corrected chi connectivity index (χ0v) is 14.4. The zero-order valence-electron chi connectivity index (χ0n) is 13.6. The summed E-state index contributed by atoms with van der Waals surface area (Å²) in [6.07, 6.45) is 2.93. The molecule has 5 nitrogen and oxygen atoms in total. The summed E-state index contributed by atoms with van der Waals surface area (Å²) in [6.45, 7) is 4.94. The third-order valence-electron chi connectivity index (χ3n) is 4.39. The van der Waals surface area contributed by atoms with Crippen molar-refractivity contribution in [2.75, 3.05) is 12.3 Å². The molecule has 3 aromatic rings. The van der Waals surface area contributed by atoms with E-state index in [0.29, 0.717) is 0 Å². The lowest BCUT2D eigenvalue weighted by Gasteiger charge is -2.27. The first-order chi connectivity index (χ1) is 11.7. The molecular formula is C18H19N5S. The van der Waals surface area contributed by atoms with Gasteiger partial charge in [-0.25, -0.2) is 15.0 Å². The fraction of sp³-hybridized carbons (Fsp3) is 0.278. The highest BCUT2D eigenvalue weighted by molar-refractivity contribution is 7.09. The maximum Gasteiger partial charge on any atom is 0.159 e. The second-order valence-corrected chi connectivity index (χ2v) is 7.05. The zero-order chi connectivity index (χ0) is 16.5. The average molecular weight is 337 g/mol. The SMILES string of the molecule is Cc1ncsc1CN1CCc2nc(-c3ccc(N)cc3)ncc2C1. The first kappa shape index (κ1) is 15.2. The molecule has 24 heavy (non-hydrogen) atoms. The van der Waals surface area contributed by atoms with Crippen LogP contribution < -0.4 is 5.73 Å². The van der Waals surface area contributed by atoms with Crippen molar-refractivity contribution in [3.63, 3.8) is 0 Å². The Labute approximate surface area is 145 Å². The monoisotopic (exact) mass is 337 g/mol. The maximum atomic E-state index is 5.75. The van der Waals surface area contributed by atoms with Crippen LogP contribution in [-0.4, -0.2) is 26.4 Å². The first-order valence-corrected chi connectivity index (χ1v) is 8.89. The number of nitrogens with zero attached hydrogens (tertiary/aromatic N) is 4. The number of benzene rings is 1. The van der Waals surface area contributed by atoms with E-state index in [-0.39, 0.29) is 0 Å². The summed E-state index contributed by atoms with van der Waals surface area (Å²) in [5.41, 5.74) is 13.0. The molecule has 0 saturated heterocycles. The average Bonchev–Trinajstić information content (AvgIpc) is 3.00. The third kappa shape index (κ3) is 3.02. The molecule has 0 radical (unpaired) electrons. The summed E-state index contributed by atoms with van der Waals surface area (Å²) in [4.78, 5) is 17.4. The van der Waals surface area contributed by atoms with Crippen LogP contribution in [0.5, 0.6) is 0 Å². The van der Waals surface area contributed by atoms with E-state index in [4.69, 9.17) is 10.7 Å². The molecule has 1 aliphatic rings. The largest absolute Gasteiger partial charge is 0.399 e. The minimum Gasteiger partial charge on any atom is -0.399 e. The highest BCUT2D eigenvalue weighted by Crippen LogP contribution is 2.24. The van der Waals surface area contributed by atoms with Crippen LogP contribution in [0.3, 0.4) is 0 Å². The van der Waals surface area contributed by atoms with Crippen molar-refractivity contribution in [2.45, 2.75) is 26.4 Å². The molecule has 1 aromatic carbocycles. The summed E-state index contributed by atoms with van der Waals surface area (Å²) >= 11 is 1.73. The lowest BCUT2D eigenvalue weighted by Crippen LogP contribution is -2.30. The van der Waals surface area contributed by atoms with Crippen molar-refractivity contribution in [3.05, 3.63) is 57.8 Å². The normalized spacial score (nSPS) is 14.5. The molecular weight excluding hydrogens is 318 g/mol. The molecule has 0 aliphatic carbocycles. The van der Waals surface area contributed by atoms with Crippen LogP contribution in [-0.2, 0) is 19.5 Å². The topological polar surface area (TPSA) is 67.9 Å². The number of hydrogen-bond acceptors (Lipinski definition) is 6. The van der Waals surface area contributed by atoms with Gasteiger partial charge >= 0.3 is 0 Å². The highest BCUT2D eigenvalue weighted by atomic mass is 32.1. The smallest absolute Gasteiger partial charge is 0.159 e. The van der Waals surface area contributed by atoms with E-state index in [0.717, 1.165) is 54.5 Å². The van der Waals surface area contributed by atoms with Crippen molar-refractivity contribution in [2.24, 2.45) is 0 Å². The van der Waals surface area contributed by atoms with E-state index in [2.05, 4.69) is 21.8 Å². The van der Waals surface area contributed by atoms with Crippen LogP contribution in [0.25, 0.3) is 11.4 Å². The number of nitrogen functional groups attached to an aromatic ring is 1. The Morgan fingerprint density at radius 3 is 2.79 bits per heavy atom. The predicted molar refractivity (Wildman–Crippen MR) is 96.5 cm³/mol. The lowest BCUT2D eigenvalue weighted by molar-refractivity contribution is 0.244. The van der Waals surface area contributed by atoms with E-state index in [1.54, 1.807) is 11.3 Å². The third-order valence-corrected chi connectivity index (χ3v) is 5.31. The van der Waals surface area contributed by atoms with Gasteiger partial charge in [0.05, 0.1) is 16.9 Å². The van der Waals surface area contributed by atoms with Gasteiger partial charge in [0, 0.05) is 53.9 Å².